The molecule has 0 bridgehead atoms. The summed E-state index contributed by atoms with van der Waals surface area (Å²) in [5.74, 6) is -0.691. The number of rotatable bonds is 2. The summed E-state index contributed by atoms with van der Waals surface area (Å²) < 4.78 is 41.1. The van der Waals surface area contributed by atoms with E-state index in [0.717, 1.165) is 32.8 Å². The van der Waals surface area contributed by atoms with Gasteiger partial charge in [-0.05, 0) is 52.4 Å². The van der Waals surface area contributed by atoms with E-state index >= 15 is 4.39 Å². The number of nitrogens with zero attached hydrogens (tertiary/aromatic N) is 2. The van der Waals surface area contributed by atoms with E-state index in [1.807, 2.05) is 70.2 Å². The molecule has 0 N–H and O–H groups in total. The van der Waals surface area contributed by atoms with Gasteiger partial charge >= 0.3 is 0 Å². The van der Waals surface area contributed by atoms with Gasteiger partial charge in [-0.1, -0.05) is 69.3 Å². The third-order valence-corrected chi connectivity index (χ3v) is 7.23. The second-order valence-electron chi connectivity index (χ2n) is 10.9. The number of furan rings is 1. The van der Waals surface area contributed by atoms with Crippen LogP contribution in [0.1, 0.15) is 40.2 Å². The minimum atomic E-state index is -0.691. The molecule has 6 aromatic rings. The largest absolute Gasteiger partial charge is 0.454 e. The van der Waals surface area contributed by atoms with E-state index in [4.69, 9.17) is 7.16 Å². The van der Waals surface area contributed by atoms with E-state index in [1.165, 1.54) is 4.57 Å². The number of fused-ring (bicyclic) bond motifs is 4. The summed E-state index contributed by atoms with van der Waals surface area (Å²) in [5, 5.41) is 13.7. The van der Waals surface area contributed by atoms with Gasteiger partial charge in [-0.2, -0.15) is 9.83 Å². The van der Waals surface area contributed by atoms with Crippen LogP contribution < -0.4 is 4.57 Å². The van der Waals surface area contributed by atoms with E-state index in [9.17, 15) is 5.26 Å². The Kier molecular flexibility index (Phi) is 4.85. The van der Waals surface area contributed by atoms with Gasteiger partial charge in [-0.25, -0.2) is 4.39 Å². The Morgan fingerprint density at radius 3 is 2.47 bits per heavy atom. The highest BCUT2D eigenvalue weighted by Gasteiger charge is 2.28. The zero-order valence-electron chi connectivity index (χ0n) is 24.0. The number of aromatic nitrogens is 1. The molecule has 2 heterocycles. The number of pyridine rings is 1. The smallest absolute Gasteiger partial charge is 0.216 e. The first-order valence-corrected chi connectivity index (χ1v) is 12.6. The van der Waals surface area contributed by atoms with Crippen molar-refractivity contribution in [2.45, 2.75) is 33.1 Å². The van der Waals surface area contributed by atoms with E-state index < -0.39 is 11.2 Å². The molecule has 186 valence electrons. The van der Waals surface area contributed by atoms with Gasteiger partial charge in [0.2, 0.25) is 11.9 Å². The van der Waals surface area contributed by atoms with Crippen LogP contribution >= 0.6 is 0 Å². The van der Waals surface area contributed by atoms with E-state index in [1.54, 1.807) is 7.05 Å². The van der Waals surface area contributed by atoms with Crippen molar-refractivity contribution in [3.63, 3.8) is 0 Å². The lowest BCUT2D eigenvalue weighted by atomic mass is 9.86. The fourth-order valence-corrected chi connectivity index (χ4v) is 5.28. The summed E-state index contributed by atoms with van der Waals surface area (Å²) in [5.41, 5.74) is 4.74. The average Bonchev–Trinajstić information content (AvgIpc) is 3.31. The molecule has 0 aliphatic heterocycles. The Hall–Kier alpha value is -4.49. The third-order valence-electron chi connectivity index (χ3n) is 7.23. The maximum Gasteiger partial charge on any atom is 0.216 e. The molecule has 0 aliphatic rings. The summed E-state index contributed by atoms with van der Waals surface area (Å²) in [6.45, 7) is 7.45. The van der Waals surface area contributed by atoms with Gasteiger partial charge in [0.15, 0.2) is 5.82 Å². The van der Waals surface area contributed by atoms with Gasteiger partial charge in [0.1, 0.15) is 19.6 Å². The second kappa shape index (κ2) is 8.53. The lowest BCUT2D eigenvalue weighted by molar-refractivity contribution is -0.662. The molecule has 0 fully saturated rings. The Bertz CT molecular complexity index is 2060. The highest BCUT2D eigenvalue weighted by molar-refractivity contribution is 6.15. The highest BCUT2D eigenvalue weighted by Crippen LogP contribution is 2.43. The maximum absolute atomic E-state index is 15.4. The van der Waals surface area contributed by atoms with Crippen LogP contribution in [0.4, 0.5) is 4.39 Å². The van der Waals surface area contributed by atoms with Crippen molar-refractivity contribution < 1.29 is 16.1 Å². The number of nitriles is 1. The monoisotopic (exact) mass is 501 g/mol. The van der Waals surface area contributed by atoms with Gasteiger partial charge < -0.3 is 4.42 Å². The van der Waals surface area contributed by atoms with Crippen LogP contribution in [0.15, 0.2) is 83.4 Å². The minimum absolute atomic E-state index is 0.0230. The van der Waals surface area contributed by atoms with Crippen LogP contribution in [0, 0.1) is 24.1 Å². The number of hydrogen-bond donors (Lipinski definition) is 0. The lowest BCUT2D eigenvalue weighted by Crippen LogP contribution is -2.33. The van der Waals surface area contributed by atoms with Crippen molar-refractivity contribution in [2.24, 2.45) is 7.05 Å². The summed E-state index contributed by atoms with van der Waals surface area (Å²) >= 11 is 0. The topological polar surface area (TPSA) is 40.8 Å². The molecule has 2 aromatic heterocycles. The molecular formula is C34H28FN2O+. The van der Waals surface area contributed by atoms with Crippen molar-refractivity contribution in [2.75, 3.05) is 0 Å². The van der Waals surface area contributed by atoms with Crippen molar-refractivity contribution >= 4 is 32.7 Å². The first-order valence-electron chi connectivity index (χ1n) is 13.6. The minimum Gasteiger partial charge on any atom is -0.454 e. The fourth-order valence-electron chi connectivity index (χ4n) is 5.28. The van der Waals surface area contributed by atoms with Crippen molar-refractivity contribution in [1.29, 1.82) is 5.26 Å². The Balaban J connectivity index is 1.74. The predicted octanol–water partition coefficient (Wildman–Crippen LogP) is 8.51. The molecule has 0 spiro atoms. The van der Waals surface area contributed by atoms with Crippen LogP contribution in [0.25, 0.3) is 55.1 Å². The second-order valence-corrected chi connectivity index (χ2v) is 10.9. The molecule has 0 atom stereocenters. The Morgan fingerprint density at radius 1 is 0.974 bits per heavy atom. The molecule has 0 radical (unpaired) electrons. The van der Waals surface area contributed by atoms with Crippen LogP contribution in [-0.2, 0) is 12.5 Å². The highest BCUT2D eigenvalue weighted by atomic mass is 19.1. The van der Waals surface area contributed by atoms with Crippen LogP contribution in [0.3, 0.4) is 0 Å². The summed E-state index contributed by atoms with van der Waals surface area (Å²) in [7, 11) is 1.60. The summed E-state index contributed by atoms with van der Waals surface area (Å²) in [4.78, 5) is 0. The number of aryl methyl sites for hydroxylation is 1. The number of benzene rings is 4. The first-order chi connectivity index (χ1) is 19.0. The molecule has 0 aliphatic carbocycles. The molecule has 0 saturated carbocycles. The van der Waals surface area contributed by atoms with Crippen LogP contribution in [0.2, 0.25) is 0 Å². The quantitative estimate of drug-likeness (QED) is 0.223. The fraction of sp³-hybridized carbons (Fsp3) is 0.176. The van der Waals surface area contributed by atoms with Crippen molar-refractivity contribution in [1.82, 2.24) is 0 Å². The zero-order chi connectivity index (χ0) is 28.5. The molecule has 4 aromatic carbocycles. The van der Waals surface area contributed by atoms with Gasteiger partial charge in [0.25, 0.3) is 0 Å². The van der Waals surface area contributed by atoms with E-state index in [2.05, 4.69) is 30.3 Å². The SMILES string of the molecule is [2H]c1c(C(C)(C)C)c(F)c([2H])[n+](C)c1-c1c(C)ccc2c1oc1c(-c3ccc4ccccc4c3)ccc(C#N)c12. The summed E-state index contributed by atoms with van der Waals surface area (Å²) in [6, 6.07) is 24.3. The lowest BCUT2D eigenvalue weighted by Gasteiger charge is -2.19. The van der Waals surface area contributed by atoms with Crippen molar-refractivity contribution in [3.8, 4) is 28.5 Å². The maximum atomic E-state index is 15.4. The number of hydrogen-bond acceptors (Lipinski definition) is 2. The van der Waals surface area contributed by atoms with Crippen LogP contribution in [-0.4, -0.2) is 0 Å². The third kappa shape index (κ3) is 3.66. The van der Waals surface area contributed by atoms with Gasteiger partial charge in [0.05, 0.1) is 18.6 Å². The average molecular weight is 502 g/mol. The van der Waals surface area contributed by atoms with E-state index in [0.29, 0.717) is 33.4 Å². The normalized spacial score (nSPS) is 12.7. The molecule has 38 heavy (non-hydrogen) atoms. The van der Waals surface area contributed by atoms with E-state index in [-0.39, 0.29) is 17.8 Å². The molecule has 6 rings (SSSR count). The Morgan fingerprint density at radius 2 is 1.74 bits per heavy atom. The molecule has 0 amide bonds. The van der Waals surface area contributed by atoms with Gasteiger partial charge in [0, 0.05) is 27.9 Å². The van der Waals surface area contributed by atoms with Gasteiger partial charge in [-0.3, -0.25) is 0 Å². The zero-order valence-corrected chi connectivity index (χ0v) is 22.0. The number of halogens is 1. The molecule has 4 heteroatoms. The predicted molar refractivity (Wildman–Crippen MR) is 151 cm³/mol. The summed E-state index contributed by atoms with van der Waals surface area (Å²) in [6.07, 6.45) is -0.294. The molecular weight excluding hydrogens is 471 g/mol. The molecule has 0 unspecified atom stereocenters. The van der Waals surface area contributed by atoms with Gasteiger partial charge in [-0.15, -0.1) is 0 Å². The Labute approximate surface area is 224 Å². The standard InChI is InChI=1S/C34H28FN2O/c1-20-10-14-26-31-24(18-36)13-15-25(23-12-11-21-8-6-7-9-22(21)16-23)32(31)38-33(26)30(20)29-17-27(34(2,3)4)28(35)19-37(29)5/h6-17,19H,1-5H3/q+1/i17D,19D. The van der Waals surface area contributed by atoms with Crippen molar-refractivity contribution in [3.05, 3.63) is 101 Å². The molecule has 0 saturated heterocycles. The molecule has 3 nitrogen and oxygen atoms in total. The van der Waals surface area contributed by atoms with Crippen LogP contribution in [0.5, 0.6) is 0 Å². The first kappa shape index (κ1) is 21.6.